The first-order chi connectivity index (χ1) is 5.24. The minimum Gasteiger partial charge on any atom is -0.411 e. The number of rotatable bonds is 3. The van der Waals surface area contributed by atoms with Gasteiger partial charge in [0.15, 0.2) is 7.85 Å². The van der Waals surface area contributed by atoms with E-state index < -0.39 is 0 Å². The minimum atomic E-state index is 0.172. The van der Waals surface area contributed by atoms with Crippen molar-refractivity contribution < 1.29 is 5.21 Å². The summed E-state index contributed by atoms with van der Waals surface area (Å²) in [6.45, 7) is 3.89. The van der Waals surface area contributed by atoms with Crippen molar-refractivity contribution in [3.8, 4) is 11.7 Å². The Kier molecular flexibility index (Phi) is 5.37. The molecule has 0 spiro atoms. The Morgan fingerprint density at radius 3 is 2.73 bits per heavy atom. The normalized spacial score (nSPS) is 13.5. The summed E-state index contributed by atoms with van der Waals surface area (Å²) in [4.78, 5) is 0. The highest BCUT2D eigenvalue weighted by molar-refractivity contribution is 6.22. The molecule has 1 N–H and O–H groups in total. The summed E-state index contributed by atoms with van der Waals surface area (Å²) in [7, 11) is 5.02. The fraction of sp³-hybridized carbons (Fsp3) is 0.625. The topological polar surface area (TPSA) is 32.6 Å². The molecule has 58 valence electrons. The van der Waals surface area contributed by atoms with Gasteiger partial charge in [-0.1, -0.05) is 19.0 Å². The maximum Gasteiger partial charge on any atom is 0.187 e. The van der Waals surface area contributed by atoms with Crippen molar-refractivity contribution in [3.05, 3.63) is 0 Å². The second kappa shape index (κ2) is 5.85. The third kappa shape index (κ3) is 4.49. The van der Waals surface area contributed by atoms with E-state index in [1.165, 1.54) is 0 Å². The molecule has 3 heteroatoms. The molecule has 0 aliphatic heterocycles. The molecule has 0 aliphatic carbocycles. The molecule has 0 aromatic heterocycles. The monoisotopic (exact) mass is 149 g/mol. The molecule has 0 amide bonds. The highest BCUT2D eigenvalue weighted by atomic mass is 16.4. The first-order valence-electron chi connectivity index (χ1n) is 3.65. The Morgan fingerprint density at radius 1 is 1.73 bits per heavy atom. The lowest BCUT2D eigenvalue weighted by Crippen LogP contribution is -2.02. The fourth-order valence-electron chi connectivity index (χ4n) is 0.803. The van der Waals surface area contributed by atoms with Gasteiger partial charge in [-0.2, -0.15) is 5.82 Å². The maximum atomic E-state index is 8.45. The van der Waals surface area contributed by atoms with Crippen LogP contribution >= 0.6 is 0 Å². The number of hydrogen-bond acceptors (Lipinski definition) is 2. The van der Waals surface area contributed by atoms with E-state index in [-0.39, 0.29) is 5.92 Å². The molecule has 0 rings (SSSR count). The number of hydrogen-bond donors (Lipinski definition) is 1. The molecular formula is C8H12BNO. The van der Waals surface area contributed by atoms with Gasteiger partial charge in [-0.05, 0) is 6.42 Å². The molecule has 1 atom stereocenters. The van der Waals surface area contributed by atoms with Gasteiger partial charge in [-0.3, -0.25) is 0 Å². The Morgan fingerprint density at radius 2 is 2.36 bits per heavy atom. The summed E-state index contributed by atoms with van der Waals surface area (Å²) in [6, 6.07) is 0. The van der Waals surface area contributed by atoms with Gasteiger partial charge in [-0.15, -0.1) is 5.92 Å². The Hall–Kier alpha value is -0.905. The SMILES string of the molecule is [B]C#CC(C)C/C(CC)=N/O. The summed E-state index contributed by atoms with van der Waals surface area (Å²) in [6.07, 6.45) is 1.45. The molecule has 0 fully saturated rings. The fourth-order valence-corrected chi connectivity index (χ4v) is 0.803. The van der Waals surface area contributed by atoms with Gasteiger partial charge in [0.25, 0.3) is 0 Å². The van der Waals surface area contributed by atoms with Crippen molar-refractivity contribution in [2.24, 2.45) is 11.1 Å². The molecule has 0 aliphatic rings. The van der Waals surface area contributed by atoms with Gasteiger partial charge < -0.3 is 5.21 Å². The van der Waals surface area contributed by atoms with Crippen molar-refractivity contribution in [2.45, 2.75) is 26.7 Å². The van der Waals surface area contributed by atoms with Crippen LogP contribution in [0.25, 0.3) is 0 Å². The van der Waals surface area contributed by atoms with Crippen LogP contribution in [0.1, 0.15) is 26.7 Å². The predicted octanol–water partition coefficient (Wildman–Crippen LogP) is 1.38. The van der Waals surface area contributed by atoms with Crippen LogP contribution in [0.2, 0.25) is 0 Å². The maximum absolute atomic E-state index is 8.45. The predicted molar refractivity (Wildman–Crippen MR) is 46.8 cm³/mol. The van der Waals surface area contributed by atoms with Crippen LogP contribution in [0, 0.1) is 17.7 Å². The molecule has 0 aromatic carbocycles. The molecule has 0 saturated carbocycles. The second-order valence-corrected chi connectivity index (χ2v) is 2.41. The van der Waals surface area contributed by atoms with E-state index in [1.807, 2.05) is 13.8 Å². The summed E-state index contributed by atoms with van der Waals surface area (Å²) >= 11 is 0. The lowest BCUT2D eigenvalue weighted by Gasteiger charge is -2.02. The minimum absolute atomic E-state index is 0.172. The van der Waals surface area contributed by atoms with Crippen LogP contribution in [0.3, 0.4) is 0 Å². The summed E-state index contributed by atoms with van der Waals surface area (Å²) in [5, 5.41) is 11.6. The van der Waals surface area contributed by atoms with Crippen molar-refractivity contribution >= 4 is 13.6 Å². The number of oxime groups is 1. The first kappa shape index (κ1) is 10.1. The lowest BCUT2D eigenvalue weighted by molar-refractivity contribution is 0.315. The smallest absolute Gasteiger partial charge is 0.187 e. The van der Waals surface area contributed by atoms with E-state index >= 15 is 0 Å². The van der Waals surface area contributed by atoms with Crippen LogP contribution in [-0.4, -0.2) is 18.8 Å². The van der Waals surface area contributed by atoms with Crippen LogP contribution in [0.15, 0.2) is 5.16 Å². The van der Waals surface area contributed by atoms with Gasteiger partial charge in [0, 0.05) is 12.3 Å². The Labute approximate surface area is 69.1 Å². The summed E-state index contributed by atoms with van der Waals surface area (Å²) in [5.41, 5.74) is 0.764. The first-order valence-corrected chi connectivity index (χ1v) is 3.65. The largest absolute Gasteiger partial charge is 0.411 e. The molecule has 0 saturated heterocycles. The van der Waals surface area contributed by atoms with Gasteiger partial charge in [0.1, 0.15) is 0 Å². The van der Waals surface area contributed by atoms with E-state index in [1.54, 1.807) is 0 Å². The molecular weight excluding hydrogens is 137 g/mol. The average molecular weight is 149 g/mol. The zero-order valence-electron chi connectivity index (χ0n) is 6.96. The number of nitrogens with zero attached hydrogens (tertiary/aromatic N) is 1. The van der Waals surface area contributed by atoms with Crippen molar-refractivity contribution in [1.82, 2.24) is 0 Å². The Bertz CT molecular complexity index is 190. The average Bonchev–Trinajstić information content (AvgIpc) is 2.01. The molecule has 2 nitrogen and oxygen atoms in total. The van der Waals surface area contributed by atoms with Crippen molar-refractivity contribution in [1.29, 1.82) is 0 Å². The molecule has 0 aromatic rings. The van der Waals surface area contributed by atoms with E-state index in [0.717, 1.165) is 12.1 Å². The molecule has 0 bridgehead atoms. The Balaban J connectivity index is 3.88. The summed E-state index contributed by atoms with van der Waals surface area (Å²) in [5.74, 6) is 5.29. The highest BCUT2D eigenvalue weighted by Crippen LogP contribution is 2.03. The molecule has 11 heavy (non-hydrogen) atoms. The van der Waals surface area contributed by atoms with Gasteiger partial charge >= 0.3 is 0 Å². The zero-order chi connectivity index (χ0) is 8.69. The van der Waals surface area contributed by atoms with Gasteiger partial charge in [-0.25, -0.2) is 0 Å². The quantitative estimate of drug-likeness (QED) is 0.212. The highest BCUT2D eigenvalue weighted by Gasteiger charge is 2.02. The molecule has 0 heterocycles. The van der Waals surface area contributed by atoms with E-state index in [9.17, 15) is 0 Å². The summed E-state index contributed by atoms with van der Waals surface area (Å²) < 4.78 is 0. The van der Waals surface area contributed by atoms with Gasteiger partial charge in [0.2, 0.25) is 0 Å². The van der Waals surface area contributed by atoms with Crippen LogP contribution in [0.5, 0.6) is 0 Å². The molecule has 2 radical (unpaired) electrons. The lowest BCUT2D eigenvalue weighted by atomic mass is 10.0. The van der Waals surface area contributed by atoms with E-state index in [0.29, 0.717) is 6.42 Å². The molecule has 1 unspecified atom stereocenters. The standard InChI is InChI=1S/C8H12BNO/c1-3-8(10-11)6-7(2)4-5-9/h7,11H,3,6H2,1-2H3/b10-8+. The van der Waals surface area contributed by atoms with E-state index in [4.69, 9.17) is 13.1 Å². The van der Waals surface area contributed by atoms with Crippen molar-refractivity contribution in [2.75, 3.05) is 0 Å². The van der Waals surface area contributed by atoms with E-state index in [2.05, 4.69) is 16.9 Å². The van der Waals surface area contributed by atoms with Gasteiger partial charge in [0.05, 0.1) is 5.71 Å². The van der Waals surface area contributed by atoms with Crippen LogP contribution in [-0.2, 0) is 0 Å². The van der Waals surface area contributed by atoms with Crippen LogP contribution < -0.4 is 0 Å². The third-order valence-corrected chi connectivity index (χ3v) is 1.42. The third-order valence-electron chi connectivity index (χ3n) is 1.42. The van der Waals surface area contributed by atoms with Crippen LogP contribution in [0.4, 0.5) is 0 Å². The van der Waals surface area contributed by atoms with Crippen molar-refractivity contribution in [3.63, 3.8) is 0 Å². The second-order valence-electron chi connectivity index (χ2n) is 2.41. The zero-order valence-corrected chi connectivity index (χ0v) is 6.96.